The molecule has 1 N–H and O–H groups in total. The zero-order valence-electron chi connectivity index (χ0n) is 11.9. The van der Waals surface area contributed by atoms with Gasteiger partial charge in [-0.15, -0.1) is 0 Å². The van der Waals surface area contributed by atoms with Gasteiger partial charge in [-0.3, -0.25) is 4.79 Å². The van der Waals surface area contributed by atoms with E-state index in [4.69, 9.17) is 4.42 Å². The van der Waals surface area contributed by atoms with E-state index in [1.807, 2.05) is 43.3 Å². The molecule has 0 atom stereocenters. The highest BCUT2D eigenvalue weighted by Gasteiger charge is 2.10. The minimum absolute atomic E-state index is 0.183. The molecule has 0 bridgehead atoms. The van der Waals surface area contributed by atoms with Crippen molar-refractivity contribution in [2.24, 2.45) is 0 Å². The van der Waals surface area contributed by atoms with Gasteiger partial charge in [-0.1, -0.05) is 15.9 Å². The molecule has 3 rings (SSSR count). The molecule has 1 aromatic carbocycles. The molecule has 1 amide bonds. The fourth-order valence-electron chi connectivity index (χ4n) is 2.02. The van der Waals surface area contributed by atoms with Gasteiger partial charge in [0.05, 0.1) is 24.0 Å². The molecule has 6 heteroatoms. The maximum atomic E-state index is 12.1. The van der Waals surface area contributed by atoms with Crippen molar-refractivity contribution < 1.29 is 9.21 Å². The topological polar surface area (TPSA) is 60.1 Å². The first-order chi connectivity index (χ1) is 10.6. The van der Waals surface area contributed by atoms with Crippen molar-refractivity contribution in [3.8, 4) is 5.69 Å². The first-order valence-corrected chi connectivity index (χ1v) is 7.55. The second kappa shape index (κ2) is 6.19. The van der Waals surface area contributed by atoms with Crippen molar-refractivity contribution in [1.82, 2.24) is 15.1 Å². The first-order valence-electron chi connectivity index (χ1n) is 6.76. The van der Waals surface area contributed by atoms with Crippen LogP contribution in [-0.2, 0) is 6.54 Å². The molecule has 2 heterocycles. The van der Waals surface area contributed by atoms with Crippen molar-refractivity contribution >= 4 is 21.8 Å². The van der Waals surface area contributed by atoms with E-state index >= 15 is 0 Å². The number of rotatable bonds is 4. The highest BCUT2D eigenvalue weighted by atomic mass is 79.9. The van der Waals surface area contributed by atoms with Gasteiger partial charge in [-0.2, -0.15) is 5.10 Å². The number of nitrogens with one attached hydrogen (secondary N) is 1. The Morgan fingerprint density at radius 3 is 2.73 bits per heavy atom. The van der Waals surface area contributed by atoms with Gasteiger partial charge in [-0.05, 0) is 43.3 Å². The summed E-state index contributed by atoms with van der Waals surface area (Å²) in [6.45, 7) is 2.23. The molecule has 0 spiro atoms. The van der Waals surface area contributed by atoms with Crippen molar-refractivity contribution in [3.63, 3.8) is 0 Å². The minimum Gasteiger partial charge on any atom is -0.465 e. The first kappa shape index (κ1) is 14.6. The third-order valence-corrected chi connectivity index (χ3v) is 3.68. The van der Waals surface area contributed by atoms with Crippen LogP contribution in [0.1, 0.15) is 21.9 Å². The number of carbonyl (C=O) groups is 1. The third kappa shape index (κ3) is 3.28. The van der Waals surface area contributed by atoms with Crippen LogP contribution in [0.4, 0.5) is 0 Å². The van der Waals surface area contributed by atoms with E-state index in [1.165, 1.54) is 0 Å². The van der Waals surface area contributed by atoms with Gasteiger partial charge in [0.1, 0.15) is 11.5 Å². The lowest BCUT2D eigenvalue weighted by atomic mass is 10.3. The monoisotopic (exact) mass is 359 g/mol. The smallest absolute Gasteiger partial charge is 0.254 e. The molecule has 5 nitrogen and oxygen atoms in total. The second-order valence-electron chi connectivity index (χ2n) is 4.85. The number of hydrogen-bond acceptors (Lipinski definition) is 3. The minimum atomic E-state index is -0.183. The fourth-order valence-corrected chi connectivity index (χ4v) is 2.29. The van der Waals surface area contributed by atoms with E-state index in [0.717, 1.165) is 21.7 Å². The van der Waals surface area contributed by atoms with Crippen LogP contribution in [0.5, 0.6) is 0 Å². The van der Waals surface area contributed by atoms with Crippen LogP contribution in [-0.4, -0.2) is 15.7 Å². The average molecular weight is 360 g/mol. The molecule has 0 aliphatic carbocycles. The maximum absolute atomic E-state index is 12.1. The molecule has 0 unspecified atom stereocenters. The number of hydrogen-bond donors (Lipinski definition) is 1. The summed E-state index contributed by atoms with van der Waals surface area (Å²) in [5.41, 5.74) is 1.40. The summed E-state index contributed by atoms with van der Waals surface area (Å²) < 4.78 is 8.08. The highest BCUT2D eigenvalue weighted by Crippen LogP contribution is 2.14. The van der Waals surface area contributed by atoms with E-state index in [1.54, 1.807) is 17.1 Å². The van der Waals surface area contributed by atoms with Crippen molar-refractivity contribution in [2.45, 2.75) is 13.5 Å². The summed E-state index contributed by atoms with van der Waals surface area (Å²) in [4.78, 5) is 12.1. The van der Waals surface area contributed by atoms with Crippen LogP contribution in [0.3, 0.4) is 0 Å². The van der Waals surface area contributed by atoms with Crippen LogP contribution in [0.2, 0.25) is 0 Å². The number of aryl methyl sites for hydroxylation is 1. The van der Waals surface area contributed by atoms with Crippen molar-refractivity contribution in [2.75, 3.05) is 0 Å². The Hall–Kier alpha value is -2.34. The fraction of sp³-hybridized carbons (Fsp3) is 0.125. The average Bonchev–Trinajstić information content (AvgIpc) is 3.15. The van der Waals surface area contributed by atoms with Gasteiger partial charge in [0.15, 0.2) is 0 Å². The standard InChI is InChI=1S/C16H14BrN3O2/c1-11-2-7-15(22-11)9-18-16(21)12-8-19-20(10-12)14-5-3-13(17)4-6-14/h2-8,10H,9H2,1H3,(H,18,21). The van der Waals surface area contributed by atoms with Gasteiger partial charge in [0.25, 0.3) is 5.91 Å². The molecule has 2 aromatic heterocycles. The molecular formula is C16H14BrN3O2. The molecule has 112 valence electrons. The molecule has 0 fully saturated rings. The molecule has 0 aliphatic heterocycles. The summed E-state index contributed by atoms with van der Waals surface area (Å²) in [5, 5.41) is 7.02. The third-order valence-electron chi connectivity index (χ3n) is 3.16. The zero-order valence-corrected chi connectivity index (χ0v) is 13.5. The van der Waals surface area contributed by atoms with Gasteiger partial charge >= 0.3 is 0 Å². The number of benzene rings is 1. The predicted molar refractivity (Wildman–Crippen MR) is 85.9 cm³/mol. The molecule has 0 saturated carbocycles. The Labute approximate surface area is 136 Å². The number of halogens is 1. The van der Waals surface area contributed by atoms with Crippen molar-refractivity contribution in [1.29, 1.82) is 0 Å². The van der Waals surface area contributed by atoms with E-state index < -0.39 is 0 Å². The van der Waals surface area contributed by atoms with E-state index in [-0.39, 0.29) is 5.91 Å². The Balaban J connectivity index is 1.67. The number of amides is 1. The van der Waals surface area contributed by atoms with Crippen LogP contribution >= 0.6 is 15.9 Å². The van der Waals surface area contributed by atoms with Crippen LogP contribution < -0.4 is 5.32 Å². The van der Waals surface area contributed by atoms with Crippen LogP contribution in [0, 0.1) is 6.92 Å². The van der Waals surface area contributed by atoms with Crippen molar-refractivity contribution in [3.05, 3.63) is 70.3 Å². The Morgan fingerprint density at radius 1 is 1.27 bits per heavy atom. The highest BCUT2D eigenvalue weighted by molar-refractivity contribution is 9.10. The van der Waals surface area contributed by atoms with E-state index in [0.29, 0.717) is 12.1 Å². The summed E-state index contributed by atoms with van der Waals surface area (Å²) in [6, 6.07) is 11.4. The lowest BCUT2D eigenvalue weighted by Crippen LogP contribution is -2.22. The van der Waals surface area contributed by atoms with Crippen LogP contribution in [0.15, 0.2) is 57.7 Å². The Kier molecular flexibility index (Phi) is 4.11. The lowest BCUT2D eigenvalue weighted by Gasteiger charge is -2.01. The molecule has 0 aliphatic rings. The molecule has 0 saturated heterocycles. The second-order valence-corrected chi connectivity index (χ2v) is 5.76. The van der Waals surface area contributed by atoms with Gasteiger partial charge in [-0.25, -0.2) is 4.68 Å². The summed E-state index contributed by atoms with van der Waals surface area (Å²) in [7, 11) is 0. The van der Waals surface area contributed by atoms with Gasteiger partial charge < -0.3 is 9.73 Å². The Bertz CT molecular complexity index is 790. The molecular weight excluding hydrogens is 346 g/mol. The maximum Gasteiger partial charge on any atom is 0.254 e. The van der Waals surface area contributed by atoms with E-state index in [2.05, 4.69) is 26.3 Å². The molecule has 22 heavy (non-hydrogen) atoms. The van der Waals surface area contributed by atoms with Crippen LogP contribution in [0.25, 0.3) is 5.69 Å². The molecule has 0 radical (unpaired) electrons. The quantitative estimate of drug-likeness (QED) is 0.775. The Morgan fingerprint density at radius 2 is 2.05 bits per heavy atom. The summed E-state index contributed by atoms with van der Waals surface area (Å²) in [5.74, 6) is 1.37. The summed E-state index contributed by atoms with van der Waals surface area (Å²) >= 11 is 3.39. The summed E-state index contributed by atoms with van der Waals surface area (Å²) in [6.07, 6.45) is 3.25. The van der Waals surface area contributed by atoms with Gasteiger partial charge in [0.2, 0.25) is 0 Å². The normalized spacial score (nSPS) is 10.6. The number of carbonyl (C=O) groups excluding carboxylic acids is 1. The predicted octanol–water partition coefficient (Wildman–Crippen LogP) is 3.47. The SMILES string of the molecule is Cc1ccc(CNC(=O)c2cnn(-c3ccc(Br)cc3)c2)o1. The number of aromatic nitrogens is 2. The molecule has 3 aromatic rings. The zero-order chi connectivity index (χ0) is 15.5. The largest absolute Gasteiger partial charge is 0.465 e. The lowest BCUT2D eigenvalue weighted by molar-refractivity contribution is 0.0948. The van der Waals surface area contributed by atoms with Gasteiger partial charge in [0, 0.05) is 10.7 Å². The van der Waals surface area contributed by atoms with E-state index in [9.17, 15) is 4.79 Å². The number of nitrogens with zero attached hydrogens (tertiary/aromatic N) is 2. The number of furan rings is 1.